The molecule has 3 N–H and O–H groups in total. The lowest BCUT2D eigenvalue weighted by Gasteiger charge is -2.14. The average Bonchev–Trinajstić information content (AvgIpc) is 2.64. The number of para-hydroxylation sites is 1. The predicted molar refractivity (Wildman–Crippen MR) is 104 cm³/mol. The fraction of sp³-hybridized carbons (Fsp3) is 0.263. The van der Waals surface area contributed by atoms with Crippen molar-refractivity contribution < 1.29 is 24.2 Å². The van der Waals surface area contributed by atoms with E-state index in [0.29, 0.717) is 34.7 Å². The average molecular weight is 437 g/mol. The summed E-state index contributed by atoms with van der Waals surface area (Å²) in [5.74, 6) is -0.0695. The van der Waals surface area contributed by atoms with E-state index in [9.17, 15) is 14.7 Å². The van der Waals surface area contributed by atoms with Crippen LogP contribution in [-0.2, 0) is 11.2 Å². The molecular weight excluding hydrogens is 416 g/mol. The monoisotopic (exact) mass is 436 g/mol. The van der Waals surface area contributed by atoms with E-state index in [2.05, 4.69) is 26.8 Å². The molecule has 0 aliphatic heterocycles. The minimum absolute atomic E-state index is 0.00805. The van der Waals surface area contributed by atoms with Crippen LogP contribution < -0.4 is 20.3 Å². The first-order valence-electron chi connectivity index (χ1n) is 8.41. The quantitative estimate of drug-likeness (QED) is 0.579. The minimum Gasteiger partial charge on any atom is -0.507 e. The van der Waals surface area contributed by atoms with E-state index in [0.717, 1.165) is 0 Å². The maximum atomic E-state index is 12.2. The number of carbonyl (C=O) groups is 2. The Morgan fingerprint density at radius 2 is 1.67 bits per heavy atom. The molecule has 0 aromatic heterocycles. The van der Waals surface area contributed by atoms with Crippen molar-refractivity contribution in [3.63, 3.8) is 0 Å². The summed E-state index contributed by atoms with van der Waals surface area (Å²) >= 11 is 3.42. The molecule has 144 valence electrons. The molecule has 0 saturated carbocycles. The van der Waals surface area contributed by atoms with Crippen LogP contribution in [0, 0.1) is 0 Å². The van der Waals surface area contributed by atoms with Gasteiger partial charge in [0, 0.05) is 4.47 Å². The minimum atomic E-state index is -0.609. The van der Waals surface area contributed by atoms with Gasteiger partial charge in [-0.3, -0.25) is 20.4 Å². The molecule has 0 aliphatic carbocycles. The Hall–Kier alpha value is -2.74. The number of hydrazine groups is 1. The number of phenols is 1. The van der Waals surface area contributed by atoms with Crippen LogP contribution in [0.2, 0.25) is 0 Å². The summed E-state index contributed by atoms with van der Waals surface area (Å²) in [6.07, 6.45) is 0.00805. The number of carbonyl (C=O) groups excluding carboxylic acids is 2. The Balaban J connectivity index is 2.03. The molecule has 0 aliphatic rings. The van der Waals surface area contributed by atoms with E-state index < -0.39 is 11.8 Å². The summed E-state index contributed by atoms with van der Waals surface area (Å²) in [5, 5.41) is 9.66. The molecule has 0 unspecified atom stereocenters. The van der Waals surface area contributed by atoms with Gasteiger partial charge in [-0.05, 0) is 43.7 Å². The topological polar surface area (TPSA) is 96.9 Å². The highest BCUT2D eigenvalue weighted by Crippen LogP contribution is 2.34. The van der Waals surface area contributed by atoms with Gasteiger partial charge in [0.15, 0.2) is 11.5 Å². The van der Waals surface area contributed by atoms with Gasteiger partial charge in [0.05, 0.1) is 25.2 Å². The number of nitrogens with one attached hydrogen (secondary N) is 2. The van der Waals surface area contributed by atoms with E-state index in [1.165, 1.54) is 12.1 Å². The molecule has 2 rings (SSSR count). The van der Waals surface area contributed by atoms with Gasteiger partial charge >= 0.3 is 0 Å². The highest BCUT2D eigenvalue weighted by Gasteiger charge is 2.15. The van der Waals surface area contributed by atoms with Crippen molar-refractivity contribution in [1.82, 2.24) is 10.9 Å². The zero-order valence-corrected chi connectivity index (χ0v) is 16.6. The molecule has 7 nitrogen and oxygen atoms in total. The Kier molecular flexibility index (Phi) is 7.48. The van der Waals surface area contributed by atoms with Gasteiger partial charge < -0.3 is 14.6 Å². The summed E-state index contributed by atoms with van der Waals surface area (Å²) in [7, 11) is 0. The Labute approximate surface area is 165 Å². The number of hydrogen-bond acceptors (Lipinski definition) is 5. The molecule has 0 bridgehead atoms. The van der Waals surface area contributed by atoms with E-state index in [-0.39, 0.29) is 17.7 Å². The van der Waals surface area contributed by atoms with Crippen LogP contribution in [0.3, 0.4) is 0 Å². The molecule has 0 atom stereocenters. The van der Waals surface area contributed by atoms with Crippen LogP contribution in [0.4, 0.5) is 0 Å². The fourth-order valence-corrected chi connectivity index (χ4v) is 2.79. The summed E-state index contributed by atoms with van der Waals surface area (Å²) in [5.41, 5.74) is 5.36. The molecule has 2 aromatic rings. The normalized spacial score (nSPS) is 10.2. The van der Waals surface area contributed by atoms with Crippen molar-refractivity contribution in [2.45, 2.75) is 20.3 Å². The molecule has 0 heterocycles. The van der Waals surface area contributed by atoms with Crippen molar-refractivity contribution in [2.75, 3.05) is 13.2 Å². The number of amides is 2. The molecular formula is C19H21BrN2O5. The Morgan fingerprint density at radius 1 is 1.04 bits per heavy atom. The second-order valence-electron chi connectivity index (χ2n) is 5.45. The second-order valence-corrected chi connectivity index (χ2v) is 6.31. The van der Waals surface area contributed by atoms with Crippen LogP contribution in [0.1, 0.15) is 29.8 Å². The number of ether oxygens (including phenoxy) is 2. The Morgan fingerprint density at radius 3 is 2.30 bits per heavy atom. The molecule has 0 saturated heterocycles. The molecule has 8 heteroatoms. The molecule has 0 fully saturated rings. The lowest BCUT2D eigenvalue weighted by molar-refractivity contribution is -0.121. The number of aromatic hydroxyl groups is 1. The van der Waals surface area contributed by atoms with Gasteiger partial charge in [0.25, 0.3) is 5.91 Å². The lowest BCUT2D eigenvalue weighted by Crippen LogP contribution is -2.42. The lowest BCUT2D eigenvalue weighted by atomic mass is 10.1. The first kappa shape index (κ1) is 20.6. The van der Waals surface area contributed by atoms with Crippen molar-refractivity contribution in [1.29, 1.82) is 0 Å². The van der Waals surface area contributed by atoms with Gasteiger partial charge in [-0.25, -0.2) is 0 Å². The number of hydrogen-bond donors (Lipinski definition) is 3. The number of phenolic OH excluding ortho intramolecular Hbond substituents is 1. The van der Waals surface area contributed by atoms with Crippen molar-refractivity contribution in [3.8, 4) is 17.2 Å². The number of halogens is 1. The fourth-order valence-electron chi connectivity index (χ4n) is 2.33. The summed E-state index contributed by atoms with van der Waals surface area (Å²) in [6.45, 7) is 4.69. The van der Waals surface area contributed by atoms with Crippen LogP contribution in [0.25, 0.3) is 0 Å². The largest absolute Gasteiger partial charge is 0.507 e. The molecule has 2 aromatic carbocycles. The van der Waals surface area contributed by atoms with Crippen LogP contribution in [0.5, 0.6) is 17.2 Å². The zero-order valence-electron chi connectivity index (χ0n) is 15.0. The van der Waals surface area contributed by atoms with Crippen molar-refractivity contribution >= 4 is 27.7 Å². The first-order valence-corrected chi connectivity index (χ1v) is 9.20. The number of benzene rings is 2. The van der Waals surface area contributed by atoms with Gasteiger partial charge in [-0.1, -0.05) is 28.1 Å². The van der Waals surface area contributed by atoms with Gasteiger partial charge in [-0.15, -0.1) is 0 Å². The second kappa shape index (κ2) is 9.82. The Bertz CT molecular complexity index is 826. The van der Waals surface area contributed by atoms with Crippen molar-refractivity contribution in [2.24, 2.45) is 0 Å². The van der Waals surface area contributed by atoms with Crippen LogP contribution >= 0.6 is 15.9 Å². The molecule has 0 radical (unpaired) electrons. The molecule has 27 heavy (non-hydrogen) atoms. The zero-order chi connectivity index (χ0) is 19.8. The van der Waals surface area contributed by atoms with Gasteiger partial charge in [-0.2, -0.15) is 0 Å². The van der Waals surface area contributed by atoms with Gasteiger partial charge in [0.1, 0.15) is 5.75 Å². The maximum Gasteiger partial charge on any atom is 0.273 e. The summed E-state index contributed by atoms with van der Waals surface area (Å²) in [4.78, 5) is 24.2. The summed E-state index contributed by atoms with van der Waals surface area (Å²) < 4.78 is 11.8. The first-order chi connectivity index (χ1) is 13.0. The number of rotatable bonds is 7. The third-order valence-electron chi connectivity index (χ3n) is 3.53. The van der Waals surface area contributed by atoms with Crippen LogP contribution in [-0.4, -0.2) is 30.1 Å². The van der Waals surface area contributed by atoms with Gasteiger partial charge in [0.2, 0.25) is 5.91 Å². The third kappa shape index (κ3) is 5.62. The summed E-state index contributed by atoms with van der Waals surface area (Å²) in [6, 6.07) is 9.53. The standard InChI is InChI=1S/C19H21BrN2O5/c1-3-26-16-9-12(14(20)11-17(16)27-4-2)10-18(24)21-22-19(25)13-7-5-6-8-15(13)23/h5-9,11,23H,3-4,10H2,1-2H3,(H,21,24)(H,22,25). The van der Waals surface area contributed by atoms with Crippen molar-refractivity contribution in [3.05, 3.63) is 52.0 Å². The molecule has 0 spiro atoms. The maximum absolute atomic E-state index is 12.2. The SMILES string of the molecule is CCOc1cc(Br)c(CC(=O)NNC(=O)c2ccccc2O)cc1OCC. The van der Waals surface area contributed by atoms with E-state index >= 15 is 0 Å². The predicted octanol–water partition coefficient (Wildman–Crippen LogP) is 2.96. The smallest absolute Gasteiger partial charge is 0.273 e. The van der Waals surface area contributed by atoms with E-state index in [1.54, 1.807) is 24.3 Å². The highest BCUT2D eigenvalue weighted by molar-refractivity contribution is 9.10. The molecule has 2 amide bonds. The van der Waals surface area contributed by atoms with E-state index in [1.807, 2.05) is 13.8 Å². The third-order valence-corrected chi connectivity index (χ3v) is 4.27. The van der Waals surface area contributed by atoms with Crippen LogP contribution in [0.15, 0.2) is 40.9 Å². The highest BCUT2D eigenvalue weighted by atomic mass is 79.9. The van der Waals surface area contributed by atoms with E-state index in [4.69, 9.17) is 9.47 Å².